The van der Waals surface area contributed by atoms with Gasteiger partial charge < -0.3 is 10.1 Å². The molecular weight excluding hydrogens is 198 g/mol. The Hall–Kier alpha value is -1.02. The molecule has 1 aliphatic heterocycles. The van der Waals surface area contributed by atoms with Gasteiger partial charge in [0.2, 0.25) is 0 Å². The molecule has 0 unspecified atom stereocenters. The highest BCUT2D eigenvalue weighted by molar-refractivity contribution is 5.44. The molecule has 2 rings (SSSR count). The lowest BCUT2D eigenvalue weighted by molar-refractivity contribution is 0.407. The van der Waals surface area contributed by atoms with Crippen molar-refractivity contribution in [2.75, 3.05) is 13.7 Å². The van der Waals surface area contributed by atoms with Crippen LogP contribution in [-0.2, 0) is 0 Å². The summed E-state index contributed by atoms with van der Waals surface area (Å²) < 4.78 is 5.40. The molecule has 2 nitrogen and oxygen atoms in total. The Kier molecular flexibility index (Phi) is 3.20. The highest BCUT2D eigenvalue weighted by Gasteiger charge is 2.25. The number of methoxy groups -OCH3 is 1. The van der Waals surface area contributed by atoms with Gasteiger partial charge in [0, 0.05) is 6.04 Å². The maximum Gasteiger partial charge on any atom is 0.124 e. The lowest BCUT2D eigenvalue weighted by Gasteiger charge is -2.19. The molecule has 1 N–H and O–H groups in total. The first-order chi connectivity index (χ1) is 7.63. The monoisotopic (exact) mass is 219 g/mol. The van der Waals surface area contributed by atoms with Gasteiger partial charge in [-0.3, -0.25) is 0 Å². The molecule has 0 bridgehead atoms. The van der Waals surface area contributed by atoms with E-state index >= 15 is 0 Å². The van der Waals surface area contributed by atoms with Crippen LogP contribution in [0.25, 0.3) is 0 Å². The molecule has 1 fully saturated rings. The van der Waals surface area contributed by atoms with Gasteiger partial charge >= 0.3 is 0 Å². The maximum atomic E-state index is 5.40. The number of ether oxygens (including phenoxy) is 1. The quantitative estimate of drug-likeness (QED) is 0.825. The van der Waals surface area contributed by atoms with Crippen molar-refractivity contribution in [2.24, 2.45) is 5.92 Å². The molecule has 0 radical (unpaired) electrons. The highest BCUT2D eigenvalue weighted by Crippen LogP contribution is 2.33. The van der Waals surface area contributed by atoms with Crippen LogP contribution >= 0.6 is 0 Å². The van der Waals surface area contributed by atoms with E-state index in [1.165, 1.54) is 23.1 Å². The van der Waals surface area contributed by atoms with Gasteiger partial charge in [-0.1, -0.05) is 19.1 Å². The van der Waals surface area contributed by atoms with Gasteiger partial charge in [0.1, 0.15) is 5.75 Å². The molecule has 0 spiro atoms. The SMILES string of the molecule is COc1c(C)cc([C@H]2NCC[C@@H]2C)cc1C. The van der Waals surface area contributed by atoms with Crippen molar-refractivity contribution in [1.82, 2.24) is 5.32 Å². The molecule has 16 heavy (non-hydrogen) atoms. The number of nitrogens with one attached hydrogen (secondary N) is 1. The van der Waals surface area contributed by atoms with E-state index in [4.69, 9.17) is 4.74 Å². The number of aryl methyl sites for hydroxylation is 2. The van der Waals surface area contributed by atoms with Gasteiger partial charge in [0.05, 0.1) is 7.11 Å². The van der Waals surface area contributed by atoms with Crippen LogP contribution in [0.1, 0.15) is 36.1 Å². The van der Waals surface area contributed by atoms with Crippen molar-refractivity contribution in [3.05, 3.63) is 28.8 Å². The van der Waals surface area contributed by atoms with E-state index in [1.54, 1.807) is 7.11 Å². The summed E-state index contributed by atoms with van der Waals surface area (Å²) >= 11 is 0. The lowest BCUT2D eigenvalue weighted by Crippen LogP contribution is -2.16. The zero-order valence-electron chi connectivity index (χ0n) is 10.6. The van der Waals surface area contributed by atoms with Crippen LogP contribution < -0.4 is 10.1 Å². The van der Waals surface area contributed by atoms with Crippen molar-refractivity contribution in [3.8, 4) is 5.75 Å². The van der Waals surface area contributed by atoms with Gasteiger partial charge in [0.25, 0.3) is 0 Å². The second kappa shape index (κ2) is 4.46. The second-order valence-corrected chi connectivity index (χ2v) is 4.89. The fraction of sp³-hybridized carbons (Fsp3) is 0.571. The van der Waals surface area contributed by atoms with Crippen LogP contribution in [-0.4, -0.2) is 13.7 Å². The van der Waals surface area contributed by atoms with Gasteiger partial charge in [-0.25, -0.2) is 0 Å². The summed E-state index contributed by atoms with van der Waals surface area (Å²) in [6, 6.07) is 5.03. The van der Waals surface area contributed by atoms with Crippen LogP contribution in [0.5, 0.6) is 5.75 Å². The van der Waals surface area contributed by atoms with E-state index in [9.17, 15) is 0 Å². The Labute approximate surface area is 98.0 Å². The van der Waals surface area contributed by atoms with Gasteiger partial charge in [-0.2, -0.15) is 0 Å². The van der Waals surface area contributed by atoms with E-state index in [0.717, 1.165) is 18.2 Å². The predicted octanol–water partition coefficient (Wildman–Crippen LogP) is 2.98. The molecule has 2 atom stereocenters. The summed E-state index contributed by atoms with van der Waals surface area (Å²) in [4.78, 5) is 0. The normalized spacial score (nSPS) is 24.8. The molecule has 1 aromatic carbocycles. The first kappa shape index (κ1) is 11.5. The summed E-state index contributed by atoms with van der Waals surface area (Å²) in [6.45, 7) is 7.69. The standard InChI is InChI=1S/C14H21NO/c1-9-5-6-15-13(9)12-7-10(2)14(16-4)11(3)8-12/h7-9,13,15H,5-6H2,1-4H3/t9-,13-/m0/s1. The molecule has 1 saturated heterocycles. The van der Waals surface area contributed by atoms with Crippen molar-refractivity contribution in [1.29, 1.82) is 0 Å². The molecule has 1 aromatic rings. The third-order valence-electron chi connectivity index (χ3n) is 3.58. The molecule has 0 saturated carbocycles. The fourth-order valence-corrected chi connectivity index (χ4v) is 2.77. The minimum atomic E-state index is 0.517. The van der Waals surface area contributed by atoms with E-state index < -0.39 is 0 Å². The molecule has 0 aliphatic carbocycles. The zero-order valence-corrected chi connectivity index (χ0v) is 10.6. The predicted molar refractivity (Wildman–Crippen MR) is 67.0 cm³/mol. The molecule has 88 valence electrons. The summed E-state index contributed by atoms with van der Waals surface area (Å²) in [5, 5.41) is 3.57. The van der Waals surface area contributed by atoms with Crippen molar-refractivity contribution in [2.45, 2.75) is 33.2 Å². The molecule has 2 heteroatoms. The Morgan fingerprint density at radius 1 is 1.25 bits per heavy atom. The molecule has 1 heterocycles. The van der Waals surface area contributed by atoms with Crippen molar-refractivity contribution >= 4 is 0 Å². The second-order valence-electron chi connectivity index (χ2n) is 4.89. The average molecular weight is 219 g/mol. The van der Waals surface area contributed by atoms with Crippen molar-refractivity contribution in [3.63, 3.8) is 0 Å². The lowest BCUT2D eigenvalue weighted by atomic mass is 9.93. The van der Waals surface area contributed by atoms with E-state index in [-0.39, 0.29) is 0 Å². The molecule has 0 aromatic heterocycles. The number of rotatable bonds is 2. The van der Waals surface area contributed by atoms with Crippen LogP contribution in [0.15, 0.2) is 12.1 Å². The molecule has 0 amide bonds. The smallest absolute Gasteiger partial charge is 0.124 e. The fourth-order valence-electron chi connectivity index (χ4n) is 2.77. The van der Waals surface area contributed by atoms with E-state index in [1.807, 2.05) is 0 Å². The minimum absolute atomic E-state index is 0.517. The first-order valence-corrected chi connectivity index (χ1v) is 6.02. The Bertz CT molecular complexity index is 363. The molecule has 1 aliphatic rings. The summed E-state index contributed by atoms with van der Waals surface area (Å²) in [5.41, 5.74) is 3.87. The highest BCUT2D eigenvalue weighted by atomic mass is 16.5. The minimum Gasteiger partial charge on any atom is -0.496 e. The summed E-state index contributed by atoms with van der Waals surface area (Å²) in [5.74, 6) is 1.75. The third kappa shape index (κ3) is 1.94. The Morgan fingerprint density at radius 2 is 1.88 bits per heavy atom. The molecular formula is C14H21NO. The van der Waals surface area contributed by atoms with Gasteiger partial charge in [-0.05, 0) is 49.4 Å². The number of hydrogen-bond acceptors (Lipinski definition) is 2. The summed E-state index contributed by atoms with van der Waals surface area (Å²) in [6.07, 6.45) is 1.27. The van der Waals surface area contributed by atoms with Crippen LogP contribution in [0.3, 0.4) is 0 Å². The topological polar surface area (TPSA) is 21.3 Å². The maximum absolute atomic E-state index is 5.40. The van der Waals surface area contributed by atoms with Crippen LogP contribution in [0, 0.1) is 19.8 Å². The Morgan fingerprint density at radius 3 is 2.31 bits per heavy atom. The zero-order chi connectivity index (χ0) is 11.7. The van der Waals surface area contributed by atoms with E-state index in [0.29, 0.717) is 6.04 Å². The average Bonchev–Trinajstić information content (AvgIpc) is 2.64. The number of hydrogen-bond donors (Lipinski definition) is 1. The third-order valence-corrected chi connectivity index (χ3v) is 3.58. The van der Waals surface area contributed by atoms with Crippen LogP contribution in [0.2, 0.25) is 0 Å². The van der Waals surface area contributed by atoms with Crippen molar-refractivity contribution < 1.29 is 4.74 Å². The van der Waals surface area contributed by atoms with Gasteiger partial charge in [-0.15, -0.1) is 0 Å². The van der Waals surface area contributed by atoms with Gasteiger partial charge in [0.15, 0.2) is 0 Å². The van der Waals surface area contributed by atoms with Crippen LogP contribution in [0.4, 0.5) is 0 Å². The first-order valence-electron chi connectivity index (χ1n) is 6.02. The van der Waals surface area contributed by atoms with E-state index in [2.05, 4.69) is 38.2 Å². The summed E-state index contributed by atoms with van der Waals surface area (Å²) in [7, 11) is 1.74. The Balaban J connectivity index is 2.36. The number of benzene rings is 1. The largest absolute Gasteiger partial charge is 0.496 e.